The van der Waals surface area contributed by atoms with Crippen LogP contribution >= 0.6 is 11.3 Å². The first kappa shape index (κ1) is 13.7. The Hall–Kier alpha value is -2.93. The number of aromatic nitrogens is 2. The molecule has 0 saturated heterocycles. The molecule has 0 bridgehead atoms. The molecule has 0 atom stereocenters. The fourth-order valence-electron chi connectivity index (χ4n) is 2.57. The van der Waals surface area contributed by atoms with Crippen molar-refractivity contribution in [2.24, 2.45) is 0 Å². The highest BCUT2D eigenvalue weighted by atomic mass is 32.1. The Bertz CT molecular complexity index is 1030. The third-order valence-corrected chi connectivity index (χ3v) is 4.69. The molecule has 2 aromatic heterocycles. The molecule has 0 spiro atoms. The molecule has 4 aromatic rings. The van der Waals surface area contributed by atoms with Gasteiger partial charge in [-0.3, -0.25) is 14.5 Å². The number of ether oxygens (including phenoxy) is 1. The van der Waals surface area contributed by atoms with Gasteiger partial charge in [0.05, 0.1) is 22.4 Å². The molecule has 0 saturated carbocycles. The highest BCUT2D eigenvalue weighted by Gasteiger charge is 2.14. The number of rotatable bonds is 3. The smallest absolute Gasteiger partial charge is 0.269 e. The van der Waals surface area contributed by atoms with Crippen LogP contribution in [0.25, 0.3) is 26.4 Å². The summed E-state index contributed by atoms with van der Waals surface area (Å²) in [6.07, 6.45) is 1.93. The first-order valence-electron chi connectivity index (χ1n) is 6.87. The third-order valence-electron chi connectivity index (χ3n) is 3.67. The third kappa shape index (κ3) is 2.13. The minimum atomic E-state index is -0.409. The average molecular weight is 325 g/mol. The van der Waals surface area contributed by atoms with Crippen molar-refractivity contribution in [1.82, 2.24) is 9.38 Å². The van der Waals surface area contributed by atoms with Crippen LogP contribution < -0.4 is 4.74 Å². The summed E-state index contributed by atoms with van der Waals surface area (Å²) >= 11 is 1.58. The Morgan fingerprint density at radius 2 is 2.00 bits per heavy atom. The first-order chi connectivity index (χ1) is 11.2. The molecule has 0 aliphatic heterocycles. The summed E-state index contributed by atoms with van der Waals surface area (Å²) in [6, 6.07) is 12.3. The number of methoxy groups -OCH3 is 1. The number of hydrogen-bond acceptors (Lipinski definition) is 5. The lowest BCUT2D eigenvalue weighted by Crippen LogP contribution is -1.87. The maximum absolute atomic E-state index is 10.7. The van der Waals surface area contributed by atoms with Gasteiger partial charge < -0.3 is 4.74 Å². The lowest BCUT2D eigenvalue weighted by molar-refractivity contribution is -0.384. The summed E-state index contributed by atoms with van der Waals surface area (Å²) in [7, 11) is 1.65. The first-order valence-corrected chi connectivity index (χ1v) is 7.68. The van der Waals surface area contributed by atoms with Crippen LogP contribution in [-0.2, 0) is 0 Å². The Balaban J connectivity index is 1.87. The van der Waals surface area contributed by atoms with E-state index in [0.29, 0.717) is 0 Å². The molecule has 0 aliphatic rings. The molecule has 23 heavy (non-hydrogen) atoms. The van der Waals surface area contributed by atoms with Crippen molar-refractivity contribution in [3.05, 3.63) is 58.8 Å². The number of imidazole rings is 1. The zero-order valence-electron chi connectivity index (χ0n) is 12.1. The normalized spacial score (nSPS) is 11.2. The van der Waals surface area contributed by atoms with E-state index in [-0.39, 0.29) is 5.69 Å². The number of non-ortho nitro benzene ring substituents is 1. The van der Waals surface area contributed by atoms with Gasteiger partial charge >= 0.3 is 0 Å². The number of hydrogen-bond donors (Lipinski definition) is 0. The van der Waals surface area contributed by atoms with Gasteiger partial charge in [-0.25, -0.2) is 4.98 Å². The zero-order valence-corrected chi connectivity index (χ0v) is 12.9. The Morgan fingerprint density at radius 1 is 1.22 bits per heavy atom. The molecule has 0 amide bonds. The van der Waals surface area contributed by atoms with E-state index in [1.165, 1.54) is 12.1 Å². The van der Waals surface area contributed by atoms with Crippen molar-refractivity contribution in [2.75, 3.05) is 7.11 Å². The van der Waals surface area contributed by atoms with Crippen LogP contribution in [0.4, 0.5) is 5.69 Å². The summed E-state index contributed by atoms with van der Waals surface area (Å²) in [4.78, 5) is 15.8. The van der Waals surface area contributed by atoms with E-state index in [1.54, 1.807) is 30.6 Å². The molecule has 0 unspecified atom stereocenters. The van der Waals surface area contributed by atoms with Crippen LogP contribution in [0.5, 0.6) is 5.75 Å². The summed E-state index contributed by atoms with van der Waals surface area (Å²) in [6.45, 7) is 0. The van der Waals surface area contributed by atoms with Gasteiger partial charge in [0.25, 0.3) is 5.69 Å². The average Bonchev–Trinajstić information content (AvgIpc) is 3.12. The minimum absolute atomic E-state index is 0.0712. The van der Waals surface area contributed by atoms with Crippen LogP contribution in [0.2, 0.25) is 0 Å². The standard InChI is InChI=1S/C16H11N3O3S/c1-22-13-3-2-4-14-15(13)18-9-12(17-16(18)23-14)10-5-7-11(8-6-10)19(20)21/h2-9H,1H3. The summed E-state index contributed by atoms with van der Waals surface area (Å²) < 4.78 is 8.53. The zero-order chi connectivity index (χ0) is 16.0. The molecule has 0 fully saturated rings. The van der Waals surface area contributed by atoms with Gasteiger partial charge in [0, 0.05) is 23.9 Å². The topological polar surface area (TPSA) is 69.7 Å². The van der Waals surface area contributed by atoms with Crippen molar-refractivity contribution >= 4 is 32.2 Å². The van der Waals surface area contributed by atoms with Crippen molar-refractivity contribution in [1.29, 1.82) is 0 Å². The molecule has 0 aliphatic carbocycles. The van der Waals surface area contributed by atoms with E-state index in [9.17, 15) is 10.1 Å². The number of fused-ring (bicyclic) bond motifs is 3. The van der Waals surface area contributed by atoms with Gasteiger partial charge in [-0.15, -0.1) is 0 Å². The monoisotopic (exact) mass is 325 g/mol. The molecule has 2 heterocycles. The van der Waals surface area contributed by atoms with E-state index in [1.807, 2.05) is 28.8 Å². The minimum Gasteiger partial charge on any atom is -0.495 e. The fourth-order valence-corrected chi connectivity index (χ4v) is 3.60. The van der Waals surface area contributed by atoms with E-state index in [0.717, 1.165) is 32.2 Å². The Morgan fingerprint density at radius 3 is 2.70 bits per heavy atom. The fraction of sp³-hybridized carbons (Fsp3) is 0.0625. The van der Waals surface area contributed by atoms with E-state index < -0.39 is 4.92 Å². The van der Waals surface area contributed by atoms with Gasteiger partial charge in [-0.2, -0.15) is 0 Å². The van der Waals surface area contributed by atoms with E-state index >= 15 is 0 Å². The lowest BCUT2D eigenvalue weighted by Gasteiger charge is -2.01. The van der Waals surface area contributed by atoms with Gasteiger partial charge in [0.2, 0.25) is 0 Å². The van der Waals surface area contributed by atoms with Crippen molar-refractivity contribution in [3.63, 3.8) is 0 Å². The number of nitro groups is 1. The van der Waals surface area contributed by atoms with Crippen LogP contribution in [0, 0.1) is 10.1 Å². The largest absolute Gasteiger partial charge is 0.495 e. The second-order valence-electron chi connectivity index (χ2n) is 4.99. The SMILES string of the molecule is COc1cccc2sc3nc(-c4ccc([N+](=O)[O-])cc4)cn3c12. The predicted molar refractivity (Wildman–Crippen MR) is 89.2 cm³/mol. The molecule has 2 aromatic carbocycles. The number of nitrogens with zero attached hydrogens (tertiary/aromatic N) is 3. The molecule has 7 heteroatoms. The van der Waals surface area contributed by atoms with E-state index in [2.05, 4.69) is 4.98 Å². The van der Waals surface area contributed by atoms with Crippen LogP contribution in [-0.4, -0.2) is 21.4 Å². The molecular weight excluding hydrogens is 314 g/mol. The van der Waals surface area contributed by atoms with Crippen LogP contribution in [0.3, 0.4) is 0 Å². The predicted octanol–water partition coefficient (Wildman–Crippen LogP) is 4.13. The maximum Gasteiger partial charge on any atom is 0.269 e. The second kappa shape index (κ2) is 5.06. The quantitative estimate of drug-likeness (QED) is 0.419. The number of thiazole rings is 1. The molecule has 0 N–H and O–H groups in total. The van der Waals surface area contributed by atoms with Crippen LogP contribution in [0.1, 0.15) is 0 Å². The van der Waals surface area contributed by atoms with Crippen LogP contribution in [0.15, 0.2) is 48.7 Å². The van der Waals surface area contributed by atoms with Crippen molar-refractivity contribution in [3.8, 4) is 17.0 Å². The molecule has 0 radical (unpaired) electrons. The number of benzene rings is 2. The summed E-state index contributed by atoms with van der Waals surface area (Å²) in [5.41, 5.74) is 2.67. The molecule has 6 nitrogen and oxygen atoms in total. The van der Waals surface area contributed by atoms with Gasteiger partial charge in [-0.05, 0) is 24.3 Å². The van der Waals surface area contributed by atoms with Crippen molar-refractivity contribution < 1.29 is 9.66 Å². The van der Waals surface area contributed by atoms with E-state index in [4.69, 9.17) is 4.74 Å². The second-order valence-corrected chi connectivity index (χ2v) is 6.00. The van der Waals surface area contributed by atoms with Gasteiger partial charge in [-0.1, -0.05) is 17.4 Å². The Labute approximate surface area is 134 Å². The van der Waals surface area contributed by atoms with Crippen molar-refractivity contribution in [2.45, 2.75) is 0 Å². The molecule has 114 valence electrons. The van der Waals surface area contributed by atoms with Gasteiger partial charge in [0.1, 0.15) is 11.3 Å². The number of nitro benzene ring substituents is 1. The molecular formula is C16H11N3O3S. The highest BCUT2D eigenvalue weighted by molar-refractivity contribution is 7.23. The highest BCUT2D eigenvalue weighted by Crippen LogP contribution is 2.34. The molecule has 4 rings (SSSR count). The Kier molecular flexibility index (Phi) is 3.02. The maximum atomic E-state index is 10.7. The lowest BCUT2D eigenvalue weighted by atomic mass is 10.1. The summed E-state index contributed by atoms with van der Waals surface area (Å²) in [5.74, 6) is 0.793. The summed E-state index contributed by atoms with van der Waals surface area (Å²) in [5, 5.41) is 10.7. The van der Waals surface area contributed by atoms with Gasteiger partial charge in [0.15, 0.2) is 4.96 Å². The number of para-hydroxylation sites is 1.